The van der Waals surface area contributed by atoms with Gasteiger partial charge in [-0.15, -0.1) is 10.2 Å². The van der Waals surface area contributed by atoms with Gasteiger partial charge < -0.3 is 10.2 Å². The molecule has 0 spiro atoms. The van der Waals surface area contributed by atoms with Gasteiger partial charge in [-0.2, -0.15) is 0 Å². The van der Waals surface area contributed by atoms with Crippen LogP contribution in [0.5, 0.6) is 0 Å². The molecule has 0 fully saturated rings. The Bertz CT molecular complexity index is 553. The van der Waals surface area contributed by atoms with Crippen LogP contribution in [-0.4, -0.2) is 36.3 Å². The molecule has 7 heteroatoms. The lowest BCUT2D eigenvalue weighted by Crippen LogP contribution is -2.07. The van der Waals surface area contributed by atoms with Crippen LogP contribution in [0.2, 0.25) is 0 Å². The van der Waals surface area contributed by atoms with Gasteiger partial charge in [-0.25, -0.2) is 4.98 Å². The number of nitrogens with zero attached hydrogens (tertiary/aromatic N) is 4. The average Bonchev–Trinajstić information content (AvgIpc) is 2.82. The molecule has 5 nitrogen and oxygen atoms in total. The van der Waals surface area contributed by atoms with E-state index in [4.69, 9.17) is 0 Å². The molecule has 0 aliphatic rings. The second-order valence-corrected chi connectivity index (χ2v) is 6.53. The summed E-state index contributed by atoms with van der Waals surface area (Å²) in [5, 5.41) is 13.3. The van der Waals surface area contributed by atoms with E-state index < -0.39 is 0 Å². The Hall–Kier alpha value is -1.18. The van der Waals surface area contributed by atoms with Crippen LogP contribution in [0.3, 0.4) is 0 Å². The van der Waals surface area contributed by atoms with E-state index in [1.54, 1.807) is 23.1 Å². The molecular formula is C12H17N5S2. The van der Waals surface area contributed by atoms with E-state index in [9.17, 15) is 0 Å². The fourth-order valence-corrected chi connectivity index (χ4v) is 3.24. The molecular weight excluding hydrogens is 278 g/mol. The summed E-state index contributed by atoms with van der Waals surface area (Å²) in [5.41, 5.74) is 2.36. The van der Waals surface area contributed by atoms with E-state index >= 15 is 0 Å². The Morgan fingerprint density at radius 3 is 2.74 bits per heavy atom. The largest absolute Gasteiger partial charge is 0.353 e. The van der Waals surface area contributed by atoms with Crippen LogP contribution in [-0.2, 0) is 6.54 Å². The number of hydrogen-bond donors (Lipinski definition) is 1. The molecule has 2 rings (SSSR count). The monoisotopic (exact) mass is 295 g/mol. The highest BCUT2D eigenvalue weighted by Gasteiger charge is 2.10. The molecule has 0 saturated heterocycles. The van der Waals surface area contributed by atoms with E-state index in [0.717, 1.165) is 21.0 Å². The number of aromatic nitrogens is 3. The van der Waals surface area contributed by atoms with E-state index in [0.29, 0.717) is 0 Å². The molecule has 0 aliphatic heterocycles. The standard InChI is InChI=1S/C12H17N5S2/c1-8-5-9(6-13-2)7-14-10(8)18-12-16-15-11(19-12)17(3)4/h5,7,13H,6H2,1-4H3. The van der Waals surface area contributed by atoms with Crippen molar-refractivity contribution in [3.63, 3.8) is 0 Å². The molecule has 102 valence electrons. The van der Waals surface area contributed by atoms with Gasteiger partial charge >= 0.3 is 0 Å². The van der Waals surface area contributed by atoms with Gasteiger partial charge in [-0.05, 0) is 36.9 Å². The predicted octanol–water partition coefficient (Wildman–Crippen LogP) is 2.18. The number of aryl methyl sites for hydroxylation is 1. The molecule has 0 bridgehead atoms. The topological polar surface area (TPSA) is 53.9 Å². The highest BCUT2D eigenvalue weighted by atomic mass is 32.2. The maximum absolute atomic E-state index is 4.49. The first-order valence-electron chi connectivity index (χ1n) is 5.89. The second kappa shape index (κ2) is 6.31. The summed E-state index contributed by atoms with van der Waals surface area (Å²) in [6.07, 6.45) is 1.90. The van der Waals surface area contributed by atoms with Crippen LogP contribution >= 0.6 is 23.1 Å². The summed E-state index contributed by atoms with van der Waals surface area (Å²) in [6, 6.07) is 2.15. The van der Waals surface area contributed by atoms with Crippen molar-refractivity contribution in [1.29, 1.82) is 0 Å². The van der Waals surface area contributed by atoms with Crippen LogP contribution in [0.25, 0.3) is 0 Å². The van der Waals surface area contributed by atoms with Gasteiger partial charge in [0.05, 0.1) is 0 Å². The molecule has 0 saturated carbocycles. The van der Waals surface area contributed by atoms with Gasteiger partial charge in [0.25, 0.3) is 0 Å². The molecule has 0 unspecified atom stereocenters. The minimum atomic E-state index is 0.836. The third-order valence-electron chi connectivity index (χ3n) is 2.43. The van der Waals surface area contributed by atoms with Gasteiger partial charge in [-0.3, -0.25) is 0 Å². The quantitative estimate of drug-likeness (QED) is 0.912. The lowest BCUT2D eigenvalue weighted by molar-refractivity contribution is 0.806. The Labute approximate surface area is 121 Å². The number of hydrogen-bond acceptors (Lipinski definition) is 7. The maximum Gasteiger partial charge on any atom is 0.208 e. The van der Waals surface area contributed by atoms with Crippen LogP contribution < -0.4 is 10.2 Å². The van der Waals surface area contributed by atoms with Crippen LogP contribution in [0.15, 0.2) is 21.6 Å². The maximum atomic E-state index is 4.49. The van der Waals surface area contributed by atoms with Crippen molar-refractivity contribution in [2.45, 2.75) is 22.8 Å². The smallest absolute Gasteiger partial charge is 0.208 e. The van der Waals surface area contributed by atoms with Gasteiger partial charge in [0, 0.05) is 26.8 Å². The second-order valence-electron chi connectivity index (χ2n) is 4.34. The van der Waals surface area contributed by atoms with E-state index in [-0.39, 0.29) is 0 Å². The summed E-state index contributed by atoms with van der Waals surface area (Å²) < 4.78 is 0.917. The number of pyridine rings is 1. The molecule has 0 aromatic carbocycles. The number of anilines is 1. The molecule has 2 aromatic heterocycles. The van der Waals surface area contributed by atoms with E-state index in [1.807, 2.05) is 32.2 Å². The molecule has 0 radical (unpaired) electrons. The summed E-state index contributed by atoms with van der Waals surface area (Å²) >= 11 is 3.14. The Balaban J connectivity index is 2.13. The molecule has 1 N–H and O–H groups in total. The average molecular weight is 295 g/mol. The van der Waals surface area contributed by atoms with Gasteiger partial charge in [-0.1, -0.05) is 17.4 Å². The fraction of sp³-hybridized carbons (Fsp3) is 0.417. The zero-order valence-corrected chi connectivity index (χ0v) is 13.1. The first-order chi connectivity index (χ1) is 9.10. The van der Waals surface area contributed by atoms with Crippen LogP contribution in [0, 0.1) is 6.92 Å². The first-order valence-corrected chi connectivity index (χ1v) is 7.52. The first kappa shape index (κ1) is 14.2. The van der Waals surface area contributed by atoms with Crippen LogP contribution in [0.4, 0.5) is 5.13 Å². The summed E-state index contributed by atoms with van der Waals surface area (Å²) in [6.45, 7) is 2.91. The highest BCUT2D eigenvalue weighted by molar-refractivity contribution is 8.01. The third kappa shape index (κ3) is 3.65. The lowest BCUT2D eigenvalue weighted by atomic mass is 10.2. The summed E-state index contributed by atoms with van der Waals surface area (Å²) in [5.74, 6) is 0. The van der Waals surface area contributed by atoms with E-state index in [2.05, 4.69) is 33.5 Å². The Morgan fingerprint density at radius 1 is 1.37 bits per heavy atom. The fourth-order valence-electron chi connectivity index (χ4n) is 1.54. The Morgan fingerprint density at radius 2 is 2.16 bits per heavy atom. The minimum Gasteiger partial charge on any atom is -0.353 e. The van der Waals surface area contributed by atoms with Gasteiger partial charge in [0.1, 0.15) is 5.03 Å². The molecule has 2 heterocycles. The van der Waals surface area contributed by atoms with Gasteiger partial charge in [0.15, 0.2) is 4.34 Å². The van der Waals surface area contributed by atoms with E-state index in [1.165, 1.54) is 11.1 Å². The normalized spacial score (nSPS) is 10.7. The zero-order chi connectivity index (χ0) is 13.8. The number of nitrogens with one attached hydrogen (secondary N) is 1. The molecule has 2 aromatic rings. The third-order valence-corrected chi connectivity index (χ3v) is 4.69. The molecule has 0 aliphatic carbocycles. The van der Waals surface area contributed by atoms with Crippen molar-refractivity contribution < 1.29 is 0 Å². The minimum absolute atomic E-state index is 0.836. The molecule has 19 heavy (non-hydrogen) atoms. The summed E-state index contributed by atoms with van der Waals surface area (Å²) in [4.78, 5) is 6.45. The Kier molecular flexibility index (Phi) is 4.73. The molecule has 0 amide bonds. The number of rotatable bonds is 5. The van der Waals surface area contributed by atoms with Gasteiger partial charge in [0.2, 0.25) is 5.13 Å². The zero-order valence-electron chi connectivity index (χ0n) is 11.5. The van der Waals surface area contributed by atoms with Crippen molar-refractivity contribution >= 4 is 28.2 Å². The SMILES string of the molecule is CNCc1cnc(Sc2nnc(N(C)C)s2)c(C)c1. The van der Waals surface area contributed by atoms with Crippen molar-refractivity contribution in [2.24, 2.45) is 0 Å². The van der Waals surface area contributed by atoms with Crippen molar-refractivity contribution in [3.05, 3.63) is 23.4 Å². The highest BCUT2D eigenvalue weighted by Crippen LogP contribution is 2.33. The van der Waals surface area contributed by atoms with Crippen molar-refractivity contribution in [1.82, 2.24) is 20.5 Å². The summed E-state index contributed by atoms with van der Waals surface area (Å²) in [7, 11) is 5.86. The lowest BCUT2D eigenvalue weighted by Gasteiger charge is -2.05. The molecule has 0 atom stereocenters. The van der Waals surface area contributed by atoms with Crippen molar-refractivity contribution in [3.8, 4) is 0 Å². The predicted molar refractivity (Wildman–Crippen MR) is 80.1 cm³/mol. The van der Waals surface area contributed by atoms with Crippen LogP contribution in [0.1, 0.15) is 11.1 Å². The van der Waals surface area contributed by atoms with Crippen molar-refractivity contribution in [2.75, 3.05) is 26.0 Å².